The molecule has 0 radical (unpaired) electrons. The first-order valence-corrected chi connectivity index (χ1v) is 5.06. The number of methoxy groups -OCH3 is 1. The lowest BCUT2D eigenvalue weighted by Gasteiger charge is -2.24. The number of carbonyl (C=O) groups is 1. The van der Waals surface area contributed by atoms with E-state index >= 15 is 0 Å². The standard InChI is InChI=1S/C11H20O3/c1-7-9(13-5)8(6-14-7)10(12)11(2,3)4/h7-9H,6H2,1-5H3/t7-,8-,9+/m1/s1. The van der Waals surface area contributed by atoms with Gasteiger partial charge in [0.05, 0.1) is 24.7 Å². The van der Waals surface area contributed by atoms with Crippen LogP contribution in [0.5, 0.6) is 0 Å². The van der Waals surface area contributed by atoms with Gasteiger partial charge in [-0.15, -0.1) is 0 Å². The van der Waals surface area contributed by atoms with Crippen LogP contribution in [-0.4, -0.2) is 31.7 Å². The van der Waals surface area contributed by atoms with Gasteiger partial charge in [0.2, 0.25) is 0 Å². The average Bonchev–Trinajstić information content (AvgIpc) is 2.43. The van der Waals surface area contributed by atoms with Gasteiger partial charge in [0.1, 0.15) is 5.78 Å². The van der Waals surface area contributed by atoms with Crippen LogP contribution in [0.1, 0.15) is 27.7 Å². The van der Waals surface area contributed by atoms with Gasteiger partial charge in [-0.1, -0.05) is 20.8 Å². The van der Waals surface area contributed by atoms with Crippen molar-refractivity contribution in [1.29, 1.82) is 0 Å². The van der Waals surface area contributed by atoms with Gasteiger partial charge in [-0.05, 0) is 6.92 Å². The van der Waals surface area contributed by atoms with Crippen LogP contribution in [0.3, 0.4) is 0 Å². The van der Waals surface area contributed by atoms with E-state index in [1.165, 1.54) is 0 Å². The van der Waals surface area contributed by atoms with Gasteiger partial charge >= 0.3 is 0 Å². The van der Waals surface area contributed by atoms with Gasteiger partial charge in [0, 0.05) is 12.5 Å². The van der Waals surface area contributed by atoms with Crippen LogP contribution in [0, 0.1) is 11.3 Å². The molecule has 0 spiro atoms. The van der Waals surface area contributed by atoms with Gasteiger partial charge in [-0.25, -0.2) is 0 Å². The maximum absolute atomic E-state index is 12.0. The van der Waals surface area contributed by atoms with E-state index in [2.05, 4.69) is 0 Å². The topological polar surface area (TPSA) is 35.5 Å². The van der Waals surface area contributed by atoms with Gasteiger partial charge in [0.15, 0.2) is 0 Å². The van der Waals surface area contributed by atoms with Crippen molar-refractivity contribution in [3.63, 3.8) is 0 Å². The molecule has 0 aromatic heterocycles. The van der Waals surface area contributed by atoms with Crippen molar-refractivity contribution in [2.45, 2.75) is 39.9 Å². The van der Waals surface area contributed by atoms with E-state index in [0.717, 1.165) is 0 Å². The molecule has 0 aromatic carbocycles. The number of Topliss-reactive ketones (excluding diaryl/α,β-unsaturated/α-hetero) is 1. The maximum atomic E-state index is 12.0. The van der Waals surface area contributed by atoms with Crippen molar-refractivity contribution < 1.29 is 14.3 Å². The molecule has 3 nitrogen and oxygen atoms in total. The maximum Gasteiger partial charge on any atom is 0.146 e. The average molecular weight is 200 g/mol. The predicted octanol–water partition coefficient (Wildman–Crippen LogP) is 1.65. The summed E-state index contributed by atoms with van der Waals surface area (Å²) in [7, 11) is 1.64. The van der Waals surface area contributed by atoms with Crippen molar-refractivity contribution in [2.24, 2.45) is 11.3 Å². The van der Waals surface area contributed by atoms with Crippen molar-refractivity contribution >= 4 is 5.78 Å². The largest absolute Gasteiger partial charge is 0.378 e. The minimum Gasteiger partial charge on any atom is -0.378 e. The Kier molecular flexibility index (Phi) is 3.32. The Morgan fingerprint density at radius 3 is 2.43 bits per heavy atom. The van der Waals surface area contributed by atoms with E-state index in [-0.39, 0.29) is 29.3 Å². The first-order chi connectivity index (χ1) is 6.38. The van der Waals surface area contributed by atoms with E-state index in [0.29, 0.717) is 6.61 Å². The molecule has 1 rings (SSSR count). The first kappa shape index (κ1) is 11.7. The second-order valence-corrected chi connectivity index (χ2v) is 4.96. The number of ether oxygens (including phenoxy) is 2. The zero-order chi connectivity index (χ0) is 10.9. The van der Waals surface area contributed by atoms with Crippen molar-refractivity contribution in [3.05, 3.63) is 0 Å². The lowest BCUT2D eigenvalue weighted by atomic mass is 9.81. The van der Waals surface area contributed by atoms with Crippen LogP contribution < -0.4 is 0 Å². The fourth-order valence-corrected chi connectivity index (χ4v) is 1.91. The second-order valence-electron chi connectivity index (χ2n) is 4.96. The van der Waals surface area contributed by atoms with E-state index in [9.17, 15) is 4.79 Å². The minimum absolute atomic E-state index is 0.0244. The smallest absolute Gasteiger partial charge is 0.146 e. The third-order valence-electron chi connectivity index (χ3n) is 2.75. The quantitative estimate of drug-likeness (QED) is 0.680. The Morgan fingerprint density at radius 2 is 2.00 bits per heavy atom. The number of hydrogen-bond acceptors (Lipinski definition) is 3. The Hall–Kier alpha value is -0.410. The van der Waals surface area contributed by atoms with Crippen molar-refractivity contribution in [2.75, 3.05) is 13.7 Å². The Balaban J connectivity index is 2.74. The fourth-order valence-electron chi connectivity index (χ4n) is 1.91. The summed E-state index contributed by atoms with van der Waals surface area (Å²) in [6, 6.07) is 0. The van der Waals surface area contributed by atoms with Crippen molar-refractivity contribution in [3.8, 4) is 0 Å². The van der Waals surface area contributed by atoms with Crippen LogP contribution in [-0.2, 0) is 14.3 Å². The molecule has 1 fully saturated rings. The molecule has 3 heteroatoms. The van der Waals surface area contributed by atoms with Crippen LogP contribution in [0.4, 0.5) is 0 Å². The molecule has 0 saturated carbocycles. The minimum atomic E-state index is -0.311. The second kappa shape index (κ2) is 3.99. The molecule has 1 saturated heterocycles. The molecule has 0 amide bonds. The molecule has 0 unspecified atom stereocenters. The SMILES string of the molecule is CO[C@H]1[C@@H](C)OC[C@H]1C(=O)C(C)(C)C. The lowest BCUT2D eigenvalue weighted by Crippen LogP contribution is -2.37. The summed E-state index contributed by atoms with van der Waals surface area (Å²) >= 11 is 0. The molecular formula is C11H20O3. The van der Waals surface area contributed by atoms with E-state index < -0.39 is 0 Å². The summed E-state index contributed by atoms with van der Waals surface area (Å²) < 4.78 is 10.7. The van der Waals surface area contributed by atoms with E-state index in [1.54, 1.807) is 7.11 Å². The number of hydrogen-bond donors (Lipinski definition) is 0. The third kappa shape index (κ3) is 2.15. The van der Waals surface area contributed by atoms with Gasteiger partial charge < -0.3 is 9.47 Å². The zero-order valence-electron chi connectivity index (χ0n) is 9.66. The molecule has 1 aliphatic rings. The third-order valence-corrected chi connectivity index (χ3v) is 2.75. The van der Waals surface area contributed by atoms with Crippen LogP contribution in [0.2, 0.25) is 0 Å². The van der Waals surface area contributed by atoms with Crippen LogP contribution >= 0.6 is 0 Å². The molecule has 1 heterocycles. The highest BCUT2D eigenvalue weighted by molar-refractivity contribution is 5.86. The van der Waals surface area contributed by atoms with Gasteiger partial charge in [-0.3, -0.25) is 4.79 Å². The Labute approximate surface area is 85.8 Å². The summed E-state index contributed by atoms with van der Waals surface area (Å²) in [6.07, 6.45) is -0.0574. The monoisotopic (exact) mass is 200 g/mol. The number of rotatable bonds is 2. The summed E-state index contributed by atoms with van der Waals surface area (Å²) in [5.74, 6) is 0.128. The fraction of sp³-hybridized carbons (Fsp3) is 0.909. The van der Waals surface area contributed by atoms with Gasteiger partial charge in [0.25, 0.3) is 0 Å². The molecule has 0 aliphatic carbocycles. The highest BCUT2D eigenvalue weighted by Gasteiger charge is 2.42. The molecule has 0 bridgehead atoms. The van der Waals surface area contributed by atoms with Crippen molar-refractivity contribution in [1.82, 2.24) is 0 Å². The number of ketones is 1. The lowest BCUT2D eigenvalue weighted by molar-refractivity contribution is -0.133. The summed E-state index contributed by atoms with van der Waals surface area (Å²) in [5, 5.41) is 0. The molecular weight excluding hydrogens is 180 g/mol. The van der Waals surface area contributed by atoms with Gasteiger partial charge in [-0.2, -0.15) is 0 Å². The van der Waals surface area contributed by atoms with E-state index in [1.807, 2.05) is 27.7 Å². The predicted molar refractivity (Wildman–Crippen MR) is 54.2 cm³/mol. The molecule has 0 aromatic rings. The first-order valence-electron chi connectivity index (χ1n) is 5.06. The van der Waals surface area contributed by atoms with E-state index in [4.69, 9.17) is 9.47 Å². The summed E-state index contributed by atoms with van der Waals surface area (Å²) in [5.41, 5.74) is -0.311. The molecule has 3 atom stereocenters. The molecule has 0 N–H and O–H groups in total. The van der Waals surface area contributed by atoms with Crippen LogP contribution in [0.15, 0.2) is 0 Å². The summed E-state index contributed by atoms with van der Waals surface area (Å²) in [6.45, 7) is 8.25. The molecule has 1 aliphatic heterocycles. The highest BCUT2D eigenvalue weighted by atomic mass is 16.5. The number of carbonyl (C=O) groups excluding carboxylic acids is 1. The normalized spacial score (nSPS) is 33.4. The van der Waals surface area contributed by atoms with Crippen LogP contribution in [0.25, 0.3) is 0 Å². The molecule has 82 valence electrons. The highest BCUT2D eigenvalue weighted by Crippen LogP contribution is 2.30. The zero-order valence-corrected chi connectivity index (χ0v) is 9.66. The summed E-state index contributed by atoms with van der Waals surface area (Å²) in [4.78, 5) is 12.0. The molecule has 14 heavy (non-hydrogen) atoms. The Morgan fingerprint density at radius 1 is 1.43 bits per heavy atom. The Bertz CT molecular complexity index is 217.